The van der Waals surface area contributed by atoms with Crippen LogP contribution in [-0.2, 0) is 22.4 Å². The van der Waals surface area contributed by atoms with Crippen LogP contribution in [0.25, 0.3) is 0 Å². The number of fused-ring (bicyclic) bond motifs is 1. The number of primary amides is 1. The van der Waals surface area contributed by atoms with Crippen molar-refractivity contribution in [3.05, 3.63) is 22.9 Å². The third-order valence-electron chi connectivity index (χ3n) is 3.54. The van der Waals surface area contributed by atoms with Gasteiger partial charge in [0.1, 0.15) is 11.9 Å². The Morgan fingerprint density at radius 3 is 2.90 bits per heavy atom. The molecule has 1 unspecified atom stereocenters. The van der Waals surface area contributed by atoms with E-state index in [4.69, 9.17) is 10.5 Å². The third kappa shape index (κ3) is 3.49. The number of aromatic nitrogens is 1. The monoisotopic (exact) mass is 293 g/mol. The van der Waals surface area contributed by atoms with Crippen molar-refractivity contribution in [2.75, 3.05) is 19.0 Å². The number of rotatable bonds is 7. The average Bonchev–Trinajstić information content (AvgIpc) is 2.89. The minimum Gasteiger partial charge on any atom is -0.480 e. The second kappa shape index (κ2) is 6.53. The number of aliphatic carboxylic acids is 1. The van der Waals surface area contributed by atoms with Gasteiger partial charge in [-0.3, -0.25) is 4.79 Å². The number of nitrogens with one attached hydrogen (secondary N) is 1. The molecule has 1 aromatic rings. The van der Waals surface area contributed by atoms with Gasteiger partial charge in [-0.25, -0.2) is 9.78 Å². The van der Waals surface area contributed by atoms with Gasteiger partial charge >= 0.3 is 5.97 Å². The molecule has 1 heterocycles. The average molecular weight is 293 g/mol. The Balaban J connectivity index is 2.28. The minimum absolute atomic E-state index is 0.235. The van der Waals surface area contributed by atoms with Gasteiger partial charge in [0.25, 0.3) is 5.91 Å². The summed E-state index contributed by atoms with van der Waals surface area (Å²) in [6, 6.07) is 0.838. The van der Waals surface area contributed by atoms with E-state index in [1.54, 1.807) is 6.07 Å². The van der Waals surface area contributed by atoms with E-state index in [-0.39, 0.29) is 17.8 Å². The smallest absolute Gasteiger partial charge is 0.326 e. The van der Waals surface area contributed by atoms with Crippen molar-refractivity contribution in [2.24, 2.45) is 5.73 Å². The highest BCUT2D eigenvalue weighted by Gasteiger charge is 2.23. The van der Waals surface area contributed by atoms with Gasteiger partial charge < -0.3 is 20.9 Å². The van der Waals surface area contributed by atoms with Crippen molar-refractivity contribution in [1.82, 2.24) is 4.98 Å². The number of nitrogens with two attached hydrogens (primary N) is 1. The van der Waals surface area contributed by atoms with Crippen LogP contribution in [-0.4, -0.2) is 41.7 Å². The first-order valence-corrected chi connectivity index (χ1v) is 6.83. The van der Waals surface area contributed by atoms with Gasteiger partial charge in [0.05, 0.1) is 5.56 Å². The van der Waals surface area contributed by atoms with Crippen LogP contribution in [0.1, 0.15) is 34.5 Å². The van der Waals surface area contributed by atoms with E-state index in [1.165, 1.54) is 7.11 Å². The Hall–Kier alpha value is -2.15. The molecule has 1 aliphatic rings. The molecule has 114 valence electrons. The largest absolute Gasteiger partial charge is 0.480 e. The minimum atomic E-state index is -1.02. The van der Waals surface area contributed by atoms with Gasteiger partial charge in [-0.15, -0.1) is 0 Å². The van der Waals surface area contributed by atoms with Crippen LogP contribution in [0.5, 0.6) is 0 Å². The third-order valence-corrected chi connectivity index (χ3v) is 3.54. The molecule has 0 aromatic carbocycles. The predicted octanol–water partition coefficient (Wildman–Crippen LogP) is 0.571. The number of carboxylic acid groups (broad SMARTS) is 1. The normalized spacial score (nSPS) is 14.5. The number of hydrogen-bond acceptors (Lipinski definition) is 5. The number of pyridine rings is 1. The molecule has 7 heteroatoms. The highest BCUT2D eigenvalue weighted by molar-refractivity contribution is 5.98. The van der Waals surface area contributed by atoms with Gasteiger partial charge in [0, 0.05) is 25.8 Å². The molecule has 1 aromatic heterocycles. The van der Waals surface area contributed by atoms with Crippen LogP contribution in [0.15, 0.2) is 6.07 Å². The van der Waals surface area contributed by atoms with E-state index in [0.29, 0.717) is 6.61 Å². The Kier molecular flexibility index (Phi) is 4.74. The zero-order valence-electron chi connectivity index (χ0n) is 11.9. The molecule has 4 N–H and O–H groups in total. The Morgan fingerprint density at radius 2 is 2.29 bits per heavy atom. The maximum Gasteiger partial charge on any atom is 0.326 e. The van der Waals surface area contributed by atoms with E-state index in [1.807, 2.05) is 0 Å². The van der Waals surface area contributed by atoms with Gasteiger partial charge in [0.2, 0.25) is 0 Å². The lowest BCUT2D eigenvalue weighted by Crippen LogP contribution is -2.32. The lowest BCUT2D eigenvalue weighted by molar-refractivity contribution is -0.138. The Bertz CT molecular complexity index is 559. The van der Waals surface area contributed by atoms with Crippen LogP contribution < -0.4 is 11.1 Å². The number of nitrogens with zero attached hydrogens (tertiary/aromatic N) is 1. The lowest BCUT2D eigenvalue weighted by atomic mass is 10.1. The molecule has 1 atom stereocenters. The first kappa shape index (κ1) is 15.2. The summed E-state index contributed by atoms with van der Waals surface area (Å²) in [6.07, 6.45) is 2.95. The molecule has 0 spiro atoms. The van der Waals surface area contributed by atoms with E-state index in [0.717, 1.165) is 30.5 Å². The summed E-state index contributed by atoms with van der Waals surface area (Å²) in [7, 11) is 1.50. The number of carbonyl (C=O) groups excluding carboxylic acids is 1. The predicted molar refractivity (Wildman–Crippen MR) is 76.3 cm³/mol. The summed E-state index contributed by atoms with van der Waals surface area (Å²) >= 11 is 0. The second-order valence-corrected chi connectivity index (χ2v) is 5.02. The number of amides is 1. The maximum absolute atomic E-state index is 11.6. The number of hydrogen-bond donors (Lipinski definition) is 3. The van der Waals surface area contributed by atoms with Crippen molar-refractivity contribution in [3.8, 4) is 0 Å². The van der Waals surface area contributed by atoms with Crippen molar-refractivity contribution < 1.29 is 19.4 Å². The molecule has 0 radical (unpaired) electrons. The van der Waals surface area contributed by atoms with Crippen molar-refractivity contribution >= 4 is 17.7 Å². The maximum atomic E-state index is 11.6. The van der Waals surface area contributed by atoms with E-state index >= 15 is 0 Å². The zero-order chi connectivity index (χ0) is 15.4. The fourth-order valence-corrected chi connectivity index (χ4v) is 2.43. The number of carboxylic acids is 1. The summed E-state index contributed by atoms with van der Waals surface area (Å²) in [5.41, 5.74) is 7.52. The van der Waals surface area contributed by atoms with Gasteiger partial charge in [0.15, 0.2) is 0 Å². The first-order chi connectivity index (χ1) is 10.0. The summed E-state index contributed by atoms with van der Waals surface area (Å²) in [5, 5.41) is 12.0. The second-order valence-electron chi connectivity index (χ2n) is 5.02. The van der Waals surface area contributed by atoms with Gasteiger partial charge in [-0.05, 0) is 30.9 Å². The molecule has 1 aliphatic carbocycles. The van der Waals surface area contributed by atoms with Crippen LogP contribution in [0.3, 0.4) is 0 Å². The zero-order valence-corrected chi connectivity index (χ0v) is 11.9. The lowest BCUT2D eigenvalue weighted by Gasteiger charge is -2.17. The molecular formula is C14H19N3O4. The number of methoxy groups -OCH3 is 1. The van der Waals surface area contributed by atoms with Crippen molar-refractivity contribution in [3.63, 3.8) is 0 Å². The summed E-state index contributed by atoms with van der Waals surface area (Å²) in [6.45, 7) is 0.292. The highest BCUT2D eigenvalue weighted by Crippen LogP contribution is 2.25. The van der Waals surface area contributed by atoms with E-state index < -0.39 is 17.9 Å². The highest BCUT2D eigenvalue weighted by atomic mass is 16.5. The molecule has 1 amide bonds. The van der Waals surface area contributed by atoms with E-state index in [9.17, 15) is 14.7 Å². The Labute approximate surface area is 122 Å². The van der Waals surface area contributed by atoms with Crippen LogP contribution in [0.2, 0.25) is 0 Å². The number of anilines is 1. The van der Waals surface area contributed by atoms with Crippen LogP contribution in [0, 0.1) is 0 Å². The van der Waals surface area contributed by atoms with Gasteiger partial charge in [-0.1, -0.05) is 0 Å². The quantitative estimate of drug-likeness (QED) is 0.677. The fourth-order valence-electron chi connectivity index (χ4n) is 2.43. The molecule has 7 nitrogen and oxygen atoms in total. The summed E-state index contributed by atoms with van der Waals surface area (Å²) in [5.74, 6) is -1.40. The van der Waals surface area contributed by atoms with Crippen molar-refractivity contribution in [1.29, 1.82) is 0 Å². The molecule has 2 rings (SSSR count). The fraction of sp³-hybridized carbons (Fsp3) is 0.500. The molecule has 0 aliphatic heterocycles. The SMILES string of the molecule is COCCC(Nc1nc2c(cc1C(N)=O)CCC2)C(=O)O. The molecule has 0 saturated carbocycles. The molecule has 0 saturated heterocycles. The molecule has 0 fully saturated rings. The molecular weight excluding hydrogens is 274 g/mol. The van der Waals surface area contributed by atoms with Crippen LogP contribution in [0.4, 0.5) is 5.82 Å². The topological polar surface area (TPSA) is 115 Å². The van der Waals surface area contributed by atoms with E-state index in [2.05, 4.69) is 10.3 Å². The summed E-state index contributed by atoms with van der Waals surface area (Å²) < 4.78 is 4.90. The number of aryl methyl sites for hydroxylation is 2. The molecule has 0 bridgehead atoms. The van der Waals surface area contributed by atoms with Crippen LogP contribution >= 0.6 is 0 Å². The number of carbonyl (C=O) groups is 2. The Morgan fingerprint density at radius 1 is 1.52 bits per heavy atom. The number of ether oxygens (including phenoxy) is 1. The van der Waals surface area contributed by atoms with Crippen molar-refractivity contribution in [2.45, 2.75) is 31.7 Å². The summed E-state index contributed by atoms with van der Waals surface area (Å²) in [4.78, 5) is 27.2. The standard InChI is InChI=1S/C14H19N3O4/c1-21-6-5-11(14(19)20)17-13-9(12(15)18)7-8-3-2-4-10(8)16-13/h7,11H,2-6H2,1H3,(H2,15,18)(H,16,17)(H,19,20). The van der Waals surface area contributed by atoms with Gasteiger partial charge in [-0.2, -0.15) is 0 Å². The molecule has 21 heavy (non-hydrogen) atoms. The first-order valence-electron chi connectivity index (χ1n) is 6.83.